The molecule has 0 spiro atoms. The number of nitrogens with zero attached hydrogens (tertiary/aromatic N) is 2. The van der Waals surface area contributed by atoms with Crippen molar-refractivity contribution >= 4 is 0 Å². The summed E-state index contributed by atoms with van der Waals surface area (Å²) in [7, 11) is 2.22. The number of likely N-dealkylation sites (tertiary alicyclic amines) is 1. The maximum absolute atomic E-state index is 3.64. The van der Waals surface area contributed by atoms with E-state index in [1.54, 1.807) is 0 Å². The molecule has 0 aromatic rings. The van der Waals surface area contributed by atoms with E-state index in [-0.39, 0.29) is 0 Å². The molecular weight excluding hydrogens is 210 g/mol. The standard InChI is InChI=1S/C14H31N3/c1-12(2)15-14-7-10-17(11-14)9-6-8-16(5)13(3)4/h12-15H,6-11H2,1-5H3. The second-order valence-electron chi connectivity index (χ2n) is 6.04. The predicted molar refractivity (Wildman–Crippen MR) is 75.5 cm³/mol. The van der Waals surface area contributed by atoms with Gasteiger partial charge in [-0.15, -0.1) is 0 Å². The van der Waals surface area contributed by atoms with Gasteiger partial charge in [0.05, 0.1) is 0 Å². The monoisotopic (exact) mass is 241 g/mol. The fourth-order valence-corrected chi connectivity index (χ4v) is 2.45. The van der Waals surface area contributed by atoms with Crippen LogP contribution in [0.5, 0.6) is 0 Å². The van der Waals surface area contributed by atoms with Crippen molar-refractivity contribution < 1.29 is 0 Å². The molecule has 0 saturated carbocycles. The summed E-state index contributed by atoms with van der Waals surface area (Å²) in [4.78, 5) is 5.04. The molecule has 1 saturated heterocycles. The fourth-order valence-electron chi connectivity index (χ4n) is 2.45. The Kier molecular flexibility index (Phi) is 6.45. The molecule has 1 heterocycles. The highest BCUT2D eigenvalue weighted by Crippen LogP contribution is 2.10. The lowest BCUT2D eigenvalue weighted by molar-refractivity contribution is 0.242. The SMILES string of the molecule is CC(C)NC1CCN(CCCN(C)C(C)C)C1. The van der Waals surface area contributed by atoms with Gasteiger partial charge in [0, 0.05) is 24.7 Å². The molecule has 1 aliphatic heterocycles. The van der Waals surface area contributed by atoms with Crippen LogP contribution in [-0.2, 0) is 0 Å². The lowest BCUT2D eigenvalue weighted by Crippen LogP contribution is -2.37. The first-order valence-electron chi connectivity index (χ1n) is 7.17. The maximum atomic E-state index is 3.64. The van der Waals surface area contributed by atoms with Gasteiger partial charge in [0.1, 0.15) is 0 Å². The zero-order valence-corrected chi connectivity index (χ0v) is 12.4. The Morgan fingerprint density at radius 3 is 2.59 bits per heavy atom. The van der Waals surface area contributed by atoms with Crippen LogP contribution in [0.1, 0.15) is 40.5 Å². The third-order valence-electron chi connectivity index (χ3n) is 3.71. The fraction of sp³-hybridized carbons (Fsp3) is 1.00. The molecule has 1 rings (SSSR count). The summed E-state index contributed by atoms with van der Waals surface area (Å²) >= 11 is 0. The molecule has 0 bridgehead atoms. The van der Waals surface area contributed by atoms with Gasteiger partial charge >= 0.3 is 0 Å². The number of rotatable bonds is 7. The quantitative estimate of drug-likeness (QED) is 0.733. The Balaban J connectivity index is 2.10. The first-order valence-corrected chi connectivity index (χ1v) is 7.17. The van der Waals surface area contributed by atoms with Crippen molar-refractivity contribution in [3.8, 4) is 0 Å². The minimum absolute atomic E-state index is 0.618. The number of nitrogens with one attached hydrogen (secondary N) is 1. The van der Waals surface area contributed by atoms with Crippen LogP contribution in [0.4, 0.5) is 0 Å². The smallest absolute Gasteiger partial charge is 0.0209 e. The summed E-state index contributed by atoms with van der Waals surface area (Å²) in [6.45, 7) is 14.0. The van der Waals surface area contributed by atoms with E-state index in [0.717, 1.165) is 6.04 Å². The van der Waals surface area contributed by atoms with Gasteiger partial charge in [-0.1, -0.05) is 13.8 Å². The average Bonchev–Trinajstić information content (AvgIpc) is 2.64. The van der Waals surface area contributed by atoms with Gasteiger partial charge in [0.15, 0.2) is 0 Å². The van der Waals surface area contributed by atoms with Crippen LogP contribution >= 0.6 is 0 Å². The first-order chi connectivity index (χ1) is 7.99. The van der Waals surface area contributed by atoms with E-state index in [9.17, 15) is 0 Å². The van der Waals surface area contributed by atoms with Gasteiger partial charge in [-0.25, -0.2) is 0 Å². The van der Waals surface area contributed by atoms with E-state index in [1.165, 1.54) is 39.0 Å². The third-order valence-corrected chi connectivity index (χ3v) is 3.71. The van der Waals surface area contributed by atoms with E-state index < -0.39 is 0 Å². The molecule has 1 atom stereocenters. The molecule has 102 valence electrons. The Hall–Kier alpha value is -0.120. The molecule has 17 heavy (non-hydrogen) atoms. The molecule has 0 aromatic carbocycles. The second kappa shape index (κ2) is 7.34. The summed E-state index contributed by atoms with van der Waals surface area (Å²) in [5.41, 5.74) is 0. The van der Waals surface area contributed by atoms with Crippen LogP contribution in [0.25, 0.3) is 0 Å². The highest BCUT2D eigenvalue weighted by molar-refractivity contribution is 4.82. The lowest BCUT2D eigenvalue weighted by atomic mass is 10.2. The van der Waals surface area contributed by atoms with Crippen LogP contribution < -0.4 is 5.32 Å². The number of hydrogen-bond donors (Lipinski definition) is 1. The highest BCUT2D eigenvalue weighted by atomic mass is 15.2. The lowest BCUT2D eigenvalue weighted by Gasteiger charge is -2.23. The highest BCUT2D eigenvalue weighted by Gasteiger charge is 2.22. The van der Waals surface area contributed by atoms with Crippen LogP contribution in [-0.4, -0.2) is 61.2 Å². The summed E-state index contributed by atoms with van der Waals surface area (Å²) < 4.78 is 0. The Labute approximate surface area is 108 Å². The molecule has 1 aliphatic rings. The summed E-state index contributed by atoms with van der Waals surface area (Å²) in [5.74, 6) is 0. The third kappa shape index (κ3) is 5.84. The predicted octanol–water partition coefficient (Wildman–Crippen LogP) is 1.79. The Bertz CT molecular complexity index is 204. The minimum atomic E-state index is 0.618. The van der Waals surface area contributed by atoms with E-state index in [0.29, 0.717) is 12.1 Å². The van der Waals surface area contributed by atoms with E-state index in [2.05, 4.69) is 49.9 Å². The van der Waals surface area contributed by atoms with Gasteiger partial charge in [-0.05, 0) is 53.4 Å². The van der Waals surface area contributed by atoms with Crippen molar-refractivity contribution in [2.75, 3.05) is 33.2 Å². The van der Waals surface area contributed by atoms with Crippen LogP contribution in [0.3, 0.4) is 0 Å². The van der Waals surface area contributed by atoms with E-state index >= 15 is 0 Å². The van der Waals surface area contributed by atoms with Gasteiger partial charge in [-0.3, -0.25) is 0 Å². The van der Waals surface area contributed by atoms with Crippen molar-refractivity contribution in [1.29, 1.82) is 0 Å². The van der Waals surface area contributed by atoms with Gasteiger partial charge in [0.25, 0.3) is 0 Å². The van der Waals surface area contributed by atoms with E-state index in [4.69, 9.17) is 0 Å². The van der Waals surface area contributed by atoms with Crippen LogP contribution in [0.15, 0.2) is 0 Å². The van der Waals surface area contributed by atoms with Crippen molar-refractivity contribution in [1.82, 2.24) is 15.1 Å². The molecule has 1 unspecified atom stereocenters. The van der Waals surface area contributed by atoms with Gasteiger partial charge < -0.3 is 15.1 Å². The van der Waals surface area contributed by atoms with Gasteiger partial charge in [0.2, 0.25) is 0 Å². The zero-order chi connectivity index (χ0) is 12.8. The molecule has 3 heteroatoms. The van der Waals surface area contributed by atoms with Crippen LogP contribution in [0, 0.1) is 0 Å². The second-order valence-corrected chi connectivity index (χ2v) is 6.04. The summed E-state index contributed by atoms with van der Waals surface area (Å²) in [6.07, 6.45) is 2.61. The normalized spacial score (nSPS) is 22.2. The Morgan fingerprint density at radius 1 is 1.29 bits per heavy atom. The molecule has 0 radical (unpaired) electrons. The molecule has 1 N–H and O–H groups in total. The zero-order valence-electron chi connectivity index (χ0n) is 12.4. The minimum Gasteiger partial charge on any atom is -0.310 e. The number of hydrogen-bond acceptors (Lipinski definition) is 3. The summed E-state index contributed by atoms with van der Waals surface area (Å²) in [6, 6.07) is 2.01. The molecule has 0 aliphatic carbocycles. The van der Waals surface area contributed by atoms with Crippen LogP contribution in [0.2, 0.25) is 0 Å². The molecule has 3 nitrogen and oxygen atoms in total. The molecule has 1 fully saturated rings. The largest absolute Gasteiger partial charge is 0.310 e. The molecule has 0 amide bonds. The average molecular weight is 241 g/mol. The van der Waals surface area contributed by atoms with Crippen molar-refractivity contribution in [3.63, 3.8) is 0 Å². The van der Waals surface area contributed by atoms with Gasteiger partial charge in [-0.2, -0.15) is 0 Å². The van der Waals surface area contributed by atoms with E-state index in [1.807, 2.05) is 0 Å². The topological polar surface area (TPSA) is 18.5 Å². The van der Waals surface area contributed by atoms with Crippen molar-refractivity contribution in [2.45, 2.75) is 58.7 Å². The summed E-state index contributed by atoms with van der Waals surface area (Å²) in [5, 5.41) is 3.64. The first kappa shape index (κ1) is 14.9. The van der Waals surface area contributed by atoms with Crippen molar-refractivity contribution in [3.05, 3.63) is 0 Å². The van der Waals surface area contributed by atoms with Crippen molar-refractivity contribution in [2.24, 2.45) is 0 Å². The molecular formula is C14H31N3. The maximum Gasteiger partial charge on any atom is 0.0209 e. The Morgan fingerprint density at radius 2 is 2.00 bits per heavy atom. The molecule has 0 aromatic heterocycles.